The van der Waals surface area contributed by atoms with Crippen LogP contribution >= 0.6 is 11.6 Å². The van der Waals surface area contributed by atoms with Gasteiger partial charge in [0.05, 0.1) is 10.4 Å². The first kappa shape index (κ1) is 15.5. The van der Waals surface area contributed by atoms with E-state index in [9.17, 15) is 14.3 Å². The largest absolute Gasteiger partial charge is 0.481 e. The fourth-order valence-electron chi connectivity index (χ4n) is 2.55. The lowest BCUT2D eigenvalue weighted by Gasteiger charge is -2.29. The van der Waals surface area contributed by atoms with E-state index in [0.29, 0.717) is 17.5 Å². The zero-order chi connectivity index (χ0) is 15.5. The molecule has 0 aromatic heterocycles. The van der Waals surface area contributed by atoms with Crippen molar-refractivity contribution >= 4 is 17.6 Å². The summed E-state index contributed by atoms with van der Waals surface area (Å²) >= 11 is 5.98. The van der Waals surface area contributed by atoms with Crippen LogP contribution in [0.3, 0.4) is 0 Å². The summed E-state index contributed by atoms with van der Waals surface area (Å²) in [5, 5.41) is 9.75. The first-order chi connectivity index (χ1) is 10.0. The van der Waals surface area contributed by atoms with Crippen molar-refractivity contribution in [3.05, 3.63) is 70.5 Å². The normalized spacial score (nSPS) is 13.7. The maximum absolute atomic E-state index is 13.6. The number of halogens is 2. The molecule has 110 valence electrons. The Hall–Kier alpha value is -1.87. The molecule has 0 heterocycles. The summed E-state index contributed by atoms with van der Waals surface area (Å²) in [7, 11) is 0. The second-order valence-corrected chi connectivity index (χ2v) is 5.37. The highest BCUT2D eigenvalue weighted by atomic mass is 35.5. The SMILES string of the molecule is CCC(Cc1cccc(F)c1Cl)(C(=O)O)c1ccccc1. The predicted octanol–water partition coefficient (Wildman–Crippen LogP) is 4.45. The lowest BCUT2D eigenvalue weighted by Crippen LogP contribution is -2.37. The van der Waals surface area contributed by atoms with Crippen LogP contribution in [0.15, 0.2) is 48.5 Å². The lowest BCUT2D eigenvalue weighted by atomic mass is 9.73. The third-order valence-electron chi connectivity index (χ3n) is 3.86. The Labute approximate surface area is 128 Å². The highest BCUT2D eigenvalue weighted by molar-refractivity contribution is 6.31. The maximum atomic E-state index is 13.6. The number of rotatable bonds is 5. The van der Waals surface area contributed by atoms with E-state index < -0.39 is 17.2 Å². The maximum Gasteiger partial charge on any atom is 0.314 e. The van der Waals surface area contributed by atoms with Crippen molar-refractivity contribution in [1.29, 1.82) is 0 Å². The van der Waals surface area contributed by atoms with Crippen LogP contribution in [-0.4, -0.2) is 11.1 Å². The Morgan fingerprint density at radius 3 is 2.43 bits per heavy atom. The van der Waals surface area contributed by atoms with Crippen molar-refractivity contribution in [2.75, 3.05) is 0 Å². The summed E-state index contributed by atoms with van der Waals surface area (Å²) in [6, 6.07) is 13.5. The summed E-state index contributed by atoms with van der Waals surface area (Å²) in [6.07, 6.45) is 0.540. The van der Waals surface area contributed by atoms with E-state index in [1.807, 2.05) is 13.0 Å². The predicted molar refractivity (Wildman–Crippen MR) is 81.2 cm³/mol. The minimum atomic E-state index is -1.11. The van der Waals surface area contributed by atoms with Gasteiger partial charge in [-0.3, -0.25) is 4.79 Å². The molecule has 2 aromatic carbocycles. The molecule has 0 radical (unpaired) electrons. The van der Waals surface area contributed by atoms with Gasteiger partial charge in [-0.25, -0.2) is 4.39 Å². The highest BCUT2D eigenvalue weighted by Gasteiger charge is 2.39. The van der Waals surface area contributed by atoms with Crippen LogP contribution in [0.2, 0.25) is 5.02 Å². The van der Waals surface area contributed by atoms with Crippen LogP contribution in [-0.2, 0) is 16.6 Å². The molecule has 4 heteroatoms. The molecule has 2 rings (SSSR count). The molecular formula is C17H16ClFO2. The van der Waals surface area contributed by atoms with Gasteiger partial charge in [0.2, 0.25) is 0 Å². The van der Waals surface area contributed by atoms with Crippen molar-refractivity contribution in [3.8, 4) is 0 Å². The van der Waals surface area contributed by atoms with Crippen molar-refractivity contribution in [1.82, 2.24) is 0 Å². The molecule has 0 bridgehead atoms. The number of carbonyl (C=O) groups is 1. The molecule has 2 aromatic rings. The minimum Gasteiger partial charge on any atom is -0.481 e. The van der Waals surface area contributed by atoms with Crippen LogP contribution in [0.1, 0.15) is 24.5 Å². The number of carboxylic acids is 1. The van der Waals surface area contributed by atoms with Crippen LogP contribution in [0.25, 0.3) is 0 Å². The third kappa shape index (κ3) is 2.93. The van der Waals surface area contributed by atoms with Crippen LogP contribution in [0.5, 0.6) is 0 Å². The van der Waals surface area contributed by atoms with Gasteiger partial charge in [0.25, 0.3) is 0 Å². The van der Waals surface area contributed by atoms with Crippen molar-refractivity contribution in [2.24, 2.45) is 0 Å². The second kappa shape index (κ2) is 6.27. The lowest BCUT2D eigenvalue weighted by molar-refractivity contribution is -0.144. The zero-order valence-electron chi connectivity index (χ0n) is 11.6. The number of hydrogen-bond acceptors (Lipinski definition) is 1. The molecule has 2 nitrogen and oxygen atoms in total. The van der Waals surface area contributed by atoms with Crippen molar-refractivity contribution in [3.63, 3.8) is 0 Å². The number of aliphatic carboxylic acids is 1. The van der Waals surface area contributed by atoms with E-state index in [1.165, 1.54) is 6.07 Å². The highest BCUT2D eigenvalue weighted by Crippen LogP contribution is 2.35. The Morgan fingerprint density at radius 2 is 1.86 bits per heavy atom. The third-order valence-corrected chi connectivity index (χ3v) is 4.29. The zero-order valence-corrected chi connectivity index (χ0v) is 12.4. The average molecular weight is 307 g/mol. The van der Waals surface area contributed by atoms with Gasteiger partial charge >= 0.3 is 5.97 Å². The van der Waals surface area contributed by atoms with Gasteiger partial charge in [-0.05, 0) is 30.0 Å². The molecule has 1 N–H and O–H groups in total. The number of carboxylic acid groups (broad SMARTS) is 1. The molecule has 0 aliphatic heterocycles. The summed E-state index contributed by atoms with van der Waals surface area (Å²) in [6.45, 7) is 1.81. The molecule has 0 aliphatic carbocycles. The molecule has 0 saturated heterocycles. The van der Waals surface area contributed by atoms with Gasteiger partial charge in [0.1, 0.15) is 5.82 Å². The summed E-state index contributed by atoms with van der Waals surface area (Å²) in [5.74, 6) is -1.46. The van der Waals surface area contributed by atoms with Crippen LogP contribution in [0.4, 0.5) is 4.39 Å². The van der Waals surface area contributed by atoms with Crippen molar-refractivity contribution in [2.45, 2.75) is 25.2 Å². The molecule has 0 saturated carbocycles. The van der Waals surface area contributed by atoms with Gasteiger partial charge in [-0.15, -0.1) is 0 Å². The van der Waals surface area contributed by atoms with Gasteiger partial charge in [0.15, 0.2) is 0 Å². The number of benzene rings is 2. The molecular weight excluding hydrogens is 291 g/mol. The molecule has 0 fully saturated rings. The minimum absolute atomic E-state index is 0.00694. The molecule has 0 amide bonds. The molecule has 1 atom stereocenters. The van der Waals surface area contributed by atoms with E-state index >= 15 is 0 Å². The Morgan fingerprint density at radius 1 is 1.19 bits per heavy atom. The summed E-state index contributed by atoms with van der Waals surface area (Å²) in [5.41, 5.74) is 0.0868. The van der Waals surface area contributed by atoms with Gasteiger partial charge < -0.3 is 5.11 Å². The molecule has 0 aliphatic rings. The molecule has 0 spiro atoms. The van der Waals surface area contributed by atoms with E-state index in [1.54, 1.807) is 36.4 Å². The van der Waals surface area contributed by atoms with E-state index in [0.717, 1.165) is 0 Å². The van der Waals surface area contributed by atoms with Gasteiger partial charge in [-0.1, -0.05) is 61.0 Å². The second-order valence-electron chi connectivity index (χ2n) is 5.00. The van der Waals surface area contributed by atoms with E-state index in [2.05, 4.69) is 0 Å². The average Bonchev–Trinajstić information content (AvgIpc) is 2.49. The van der Waals surface area contributed by atoms with Crippen LogP contribution in [0, 0.1) is 5.82 Å². The smallest absolute Gasteiger partial charge is 0.314 e. The van der Waals surface area contributed by atoms with E-state index in [4.69, 9.17) is 11.6 Å². The van der Waals surface area contributed by atoms with Crippen LogP contribution < -0.4 is 0 Å². The Balaban J connectivity index is 2.52. The first-order valence-electron chi connectivity index (χ1n) is 6.73. The fraction of sp³-hybridized carbons (Fsp3) is 0.235. The summed E-state index contributed by atoms with van der Waals surface area (Å²) < 4.78 is 13.6. The first-order valence-corrected chi connectivity index (χ1v) is 7.11. The monoisotopic (exact) mass is 306 g/mol. The summed E-state index contributed by atoms with van der Waals surface area (Å²) in [4.78, 5) is 11.9. The standard InChI is InChI=1S/C17H16ClFO2/c1-2-17(16(20)21,13-8-4-3-5-9-13)11-12-7-6-10-14(19)15(12)18/h3-10H,2,11H2,1H3,(H,20,21). The number of hydrogen-bond donors (Lipinski definition) is 1. The fourth-order valence-corrected chi connectivity index (χ4v) is 2.74. The Kier molecular flexibility index (Phi) is 4.63. The van der Waals surface area contributed by atoms with Gasteiger partial charge in [0, 0.05) is 0 Å². The molecule has 1 unspecified atom stereocenters. The van der Waals surface area contributed by atoms with Gasteiger partial charge in [-0.2, -0.15) is 0 Å². The Bertz CT molecular complexity index is 642. The van der Waals surface area contributed by atoms with Crippen molar-refractivity contribution < 1.29 is 14.3 Å². The molecule has 21 heavy (non-hydrogen) atoms. The quantitative estimate of drug-likeness (QED) is 0.886. The van der Waals surface area contributed by atoms with E-state index in [-0.39, 0.29) is 11.4 Å². The topological polar surface area (TPSA) is 37.3 Å².